The quantitative estimate of drug-likeness (QED) is 0.699. The van der Waals surface area contributed by atoms with Crippen molar-refractivity contribution in [3.05, 3.63) is 48.0 Å². The Balaban J connectivity index is 1.38. The largest absolute Gasteiger partial charge is 0.486 e. The molecule has 0 saturated carbocycles. The first-order valence-electron chi connectivity index (χ1n) is 10.3. The van der Waals surface area contributed by atoms with E-state index in [0.717, 1.165) is 5.56 Å². The fourth-order valence-corrected chi connectivity index (χ4v) is 5.12. The van der Waals surface area contributed by atoms with Crippen molar-refractivity contribution in [3.8, 4) is 17.2 Å². The molecule has 4 rings (SSSR count). The van der Waals surface area contributed by atoms with E-state index >= 15 is 0 Å². The number of aryl methyl sites for hydroxylation is 1. The molecule has 31 heavy (non-hydrogen) atoms. The number of nitrogens with zero attached hydrogens (tertiary/aromatic N) is 2. The van der Waals surface area contributed by atoms with E-state index in [1.165, 1.54) is 16.4 Å². The second-order valence-electron chi connectivity index (χ2n) is 7.61. The van der Waals surface area contributed by atoms with Gasteiger partial charge in [0, 0.05) is 32.2 Å². The van der Waals surface area contributed by atoms with E-state index in [9.17, 15) is 13.2 Å². The van der Waals surface area contributed by atoms with Crippen molar-refractivity contribution in [2.45, 2.75) is 24.8 Å². The lowest BCUT2D eigenvalue weighted by Crippen LogP contribution is -2.53. The van der Waals surface area contributed by atoms with E-state index in [4.69, 9.17) is 14.2 Å². The zero-order chi connectivity index (χ0) is 22.0. The van der Waals surface area contributed by atoms with E-state index < -0.39 is 16.1 Å². The van der Waals surface area contributed by atoms with Crippen molar-refractivity contribution in [1.82, 2.24) is 9.21 Å². The number of rotatable bonds is 5. The van der Waals surface area contributed by atoms with Gasteiger partial charge in [-0.2, -0.15) is 4.31 Å². The summed E-state index contributed by atoms with van der Waals surface area (Å²) in [7, 11) is -3.69. The third-order valence-corrected chi connectivity index (χ3v) is 7.25. The van der Waals surface area contributed by atoms with Crippen LogP contribution in [0.5, 0.6) is 17.2 Å². The van der Waals surface area contributed by atoms with E-state index in [0.29, 0.717) is 43.6 Å². The minimum Gasteiger partial charge on any atom is -0.486 e. The number of ether oxygens (including phenoxy) is 3. The lowest BCUT2D eigenvalue weighted by molar-refractivity contribution is -0.139. The molecule has 2 aromatic carbocycles. The molecule has 2 aliphatic heterocycles. The fraction of sp³-hybridized carbons (Fsp3) is 0.409. The summed E-state index contributed by atoms with van der Waals surface area (Å²) >= 11 is 0. The molecule has 1 saturated heterocycles. The molecule has 0 bridgehead atoms. The first-order valence-corrected chi connectivity index (χ1v) is 11.7. The zero-order valence-electron chi connectivity index (χ0n) is 17.6. The minimum absolute atomic E-state index is 0.155. The Kier molecular flexibility index (Phi) is 6.06. The highest BCUT2D eigenvalue weighted by molar-refractivity contribution is 7.89. The SMILES string of the molecule is Cc1cccc(O[C@@H](C)C(=O)N2CCN(S(=O)(=O)c3ccc4c(c3)OCCO4)CC2)c1. The van der Waals surface area contributed by atoms with Gasteiger partial charge < -0.3 is 19.1 Å². The van der Waals surface area contributed by atoms with Crippen molar-refractivity contribution in [3.63, 3.8) is 0 Å². The van der Waals surface area contributed by atoms with Crippen LogP contribution in [0.25, 0.3) is 0 Å². The Morgan fingerprint density at radius 3 is 2.42 bits per heavy atom. The number of sulfonamides is 1. The summed E-state index contributed by atoms with van der Waals surface area (Å²) in [5.74, 6) is 1.46. The third-order valence-electron chi connectivity index (χ3n) is 5.35. The Labute approximate surface area is 182 Å². The van der Waals surface area contributed by atoms with Gasteiger partial charge >= 0.3 is 0 Å². The number of carbonyl (C=O) groups excluding carboxylic acids is 1. The van der Waals surface area contributed by atoms with Crippen molar-refractivity contribution < 1.29 is 27.4 Å². The molecule has 0 spiro atoms. The summed E-state index contributed by atoms with van der Waals surface area (Å²) in [5, 5.41) is 0. The monoisotopic (exact) mass is 446 g/mol. The van der Waals surface area contributed by atoms with Crippen molar-refractivity contribution in [2.75, 3.05) is 39.4 Å². The standard InChI is InChI=1S/C22H26N2O6S/c1-16-4-3-5-18(14-16)30-17(2)22(25)23-8-10-24(11-9-23)31(26,27)19-6-7-20-21(15-19)29-13-12-28-20/h3-7,14-15,17H,8-13H2,1-2H3/t17-/m0/s1. The Hall–Kier alpha value is -2.78. The summed E-state index contributed by atoms with van der Waals surface area (Å²) in [4.78, 5) is 14.6. The summed E-state index contributed by atoms with van der Waals surface area (Å²) in [6.45, 7) is 5.57. The predicted octanol–water partition coefficient (Wildman–Crippen LogP) is 2.07. The number of carbonyl (C=O) groups is 1. The van der Waals surface area contributed by atoms with E-state index in [1.54, 1.807) is 17.9 Å². The van der Waals surface area contributed by atoms with Crippen LogP contribution in [-0.2, 0) is 14.8 Å². The normalized spacial score (nSPS) is 17.8. The maximum atomic E-state index is 13.1. The molecule has 0 aliphatic carbocycles. The third kappa shape index (κ3) is 4.62. The van der Waals surface area contributed by atoms with E-state index in [1.807, 2.05) is 31.2 Å². The van der Waals surface area contributed by atoms with Gasteiger partial charge in [-0.1, -0.05) is 12.1 Å². The zero-order valence-corrected chi connectivity index (χ0v) is 18.4. The van der Waals surface area contributed by atoms with Crippen LogP contribution in [0.4, 0.5) is 0 Å². The maximum Gasteiger partial charge on any atom is 0.263 e. The molecular weight excluding hydrogens is 420 g/mol. The summed E-state index contributed by atoms with van der Waals surface area (Å²) in [6.07, 6.45) is -0.650. The molecule has 8 nitrogen and oxygen atoms in total. The Morgan fingerprint density at radius 1 is 1.00 bits per heavy atom. The van der Waals surface area contributed by atoms with Gasteiger partial charge in [0.25, 0.3) is 5.91 Å². The smallest absolute Gasteiger partial charge is 0.263 e. The van der Waals surface area contributed by atoms with Gasteiger partial charge in [-0.25, -0.2) is 8.42 Å². The molecule has 9 heteroatoms. The molecule has 1 fully saturated rings. The predicted molar refractivity (Wildman–Crippen MR) is 114 cm³/mol. The molecule has 0 N–H and O–H groups in total. The van der Waals surface area contributed by atoms with Crippen LogP contribution in [0.3, 0.4) is 0 Å². The molecular formula is C22H26N2O6S. The fourth-order valence-electron chi connectivity index (χ4n) is 3.68. The van der Waals surface area contributed by atoms with Crippen molar-refractivity contribution in [2.24, 2.45) is 0 Å². The topological polar surface area (TPSA) is 85.4 Å². The van der Waals surface area contributed by atoms with Gasteiger partial charge in [-0.15, -0.1) is 0 Å². The molecule has 166 valence electrons. The Bertz CT molecular complexity index is 1060. The van der Waals surface area contributed by atoms with Crippen molar-refractivity contribution in [1.29, 1.82) is 0 Å². The lowest BCUT2D eigenvalue weighted by atomic mass is 10.2. The minimum atomic E-state index is -3.69. The average Bonchev–Trinajstić information content (AvgIpc) is 2.78. The summed E-state index contributed by atoms with van der Waals surface area (Å²) in [5.41, 5.74) is 1.05. The van der Waals surface area contributed by atoms with Gasteiger partial charge in [-0.3, -0.25) is 4.79 Å². The van der Waals surface area contributed by atoms with Crippen LogP contribution in [0, 0.1) is 6.92 Å². The first kappa shape index (κ1) is 21.5. The maximum absolute atomic E-state index is 13.1. The summed E-state index contributed by atoms with van der Waals surface area (Å²) < 4.78 is 44.3. The highest BCUT2D eigenvalue weighted by Crippen LogP contribution is 2.33. The molecule has 1 atom stereocenters. The average molecular weight is 447 g/mol. The molecule has 1 amide bonds. The highest BCUT2D eigenvalue weighted by Gasteiger charge is 2.32. The van der Waals surface area contributed by atoms with Gasteiger partial charge in [-0.05, 0) is 43.7 Å². The molecule has 0 aromatic heterocycles. The number of hydrogen-bond donors (Lipinski definition) is 0. The van der Waals surface area contributed by atoms with E-state index in [-0.39, 0.29) is 23.9 Å². The number of amides is 1. The number of hydrogen-bond acceptors (Lipinski definition) is 6. The molecule has 0 radical (unpaired) electrons. The number of benzene rings is 2. The van der Waals surface area contributed by atoms with Crippen LogP contribution in [0.15, 0.2) is 47.4 Å². The second kappa shape index (κ2) is 8.76. The number of fused-ring (bicyclic) bond motifs is 1. The molecule has 2 aliphatic rings. The van der Waals surface area contributed by atoms with Crippen LogP contribution in [0.2, 0.25) is 0 Å². The van der Waals surface area contributed by atoms with Gasteiger partial charge in [0.05, 0.1) is 4.90 Å². The molecule has 0 unspecified atom stereocenters. The van der Waals surface area contributed by atoms with Gasteiger partial charge in [0.1, 0.15) is 19.0 Å². The first-order chi connectivity index (χ1) is 14.8. The van der Waals surface area contributed by atoms with Crippen LogP contribution in [-0.4, -0.2) is 69.0 Å². The lowest BCUT2D eigenvalue weighted by Gasteiger charge is -2.35. The highest BCUT2D eigenvalue weighted by atomic mass is 32.2. The Morgan fingerprint density at radius 2 is 1.71 bits per heavy atom. The molecule has 2 aromatic rings. The summed E-state index contributed by atoms with van der Waals surface area (Å²) in [6, 6.07) is 12.2. The van der Waals surface area contributed by atoms with Crippen LogP contribution in [0.1, 0.15) is 12.5 Å². The van der Waals surface area contributed by atoms with E-state index in [2.05, 4.69) is 0 Å². The number of piperazine rings is 1. The van der Waals surface area contributed by atoms with Crippen molar-refractivity contribution >= 4 is 15.9 Å². The molecule has 2 heterocycles. The van der Waals surface area contributed by atoms with Gasteiger partial charge in [0.2, 0.25) is 10.0 Å². The van der Waals surface area contributed by atoms with Crippen LogP contribution < -0.4 is 14.2 Å². The van der Waals surface area contributed by atoms with Gasteiger partial charge in [0.15, 0.2) is 17.6 Å². The van der Waals surface area contributed by atoms with Crippen LogP contribution >= 0.6 is 0 Å². The second-order valence-corrected chi connectivity index (χ2v) is 9.55.